The van der Waals surface area contributed by atoms with Crippen molar-refractivity contribution in [1.29, 1.82) is 0 Å². The van der Waals surface area contributed by atoms with E-state index in [1.165, 1.54) is 6.20 Å². The maximum Gasteiger partial charge on any atom is 0.288 e. The number of halogens is 4. The zero-order valence-corrected chi connectivity index (χ0v) is 6.80. The van der Waals surface area contributed by atoms with Crippen molar-refractivity contribution in [3.63, 3.8) is 0 Å². The van der Waals surface area contributed by atoms with Crippen molar-refractivity contribution in [2.24, 2.45) is 0 Å². The molecule has 2 nitrogen and oxygen atoms in total. The van der Waals surface area contributed by atoms with Gasteiger partial charge in [-0.2, -0.15) is 0 Å². The summed E-state index contributed by atoms with van der Waals surface area (Å²) in [5.41, 5.74) is 0. The molecule has 0 N–H and O–H groups in total. The van der Waals surface area contributed by atoms with E-state index in [0.29, 0.717) is 4.57 Å². The SMILES string of the molecule is FC(F)C(F)n1ccnc1Br. The van der Waals surface area contributed by atoms with E-state index in [-0.39, 0.29) is 4.73 Å². The highest BCUT2D eigenvalue weighted by atomic mass is 79.9. The van der Waals surface area contributed by atoms with Crippen molar-refractivity contribution in [2.45, 2.75) is 12.7 Å². The van der Waals surface area contributed by atoms with E-state index >= 15 is 0 Å². The lowest BCUT2D eigenvalue weighted by Gasteiger charge is -2.08. The number of aromatic nitrogens is 2. The predicted molar refractivity (Wildman–Crippen MR) is 36.1 cm³/mol. The summed E-state index contributed by atoms with van der Waals surface area (Å²) >= 11 is 2.81. The first-order valence-electron chi connectivity index (χ1n) is 2.73. The van der Waals surface area contributed by atoms with Crippen LogP contribution in [0.5, 0.6) is 0 Å². The minimum absolute atomic E-state index is 0.0605. The van der Waals surface area contributed by atoms with Crippen LogP contribution in [0.15, 0.2) is 17.1 Å². The molecule has 1 rings (SSSR count). The first-order chi connectivity index (χ1) is 5.13. The molecule has 0 aliphatic carbocycles. The van der Waals surface area contributed by atoms with Gasteiger partial charge in [0.05, 0.1) is 0 Å². The van der Waals surface area contributed by atoms with Gasteiger partial charge >= 0.3 is 0 Å². The Morgan fingerprint density at radius 3 is 2.45 bits per heavy atom. The molecule has 1 unspecified atom stereocenters. The van der Waals surface area contributed by atoms with Crippen molar-refractivity contribution in [3.05, 3.63) is 17.1 Å². The van der Waals surface area contributed by atoms with Crippen molar-refractivity contribution < 1.29 is 13.2 Å². The molecular formula is C5H4BrF3N2. The molecule has 0 amide bonds. The van der Waals surface area contributed by atoms with E-state index in [9.17, 15) is 13.2 Å². The van der Waals surface area contributed by atoms with E-state index < -0.39 is 12.7 Å². The summed E-state index contributed by atoms with van der Waals surface area (Å²) in [7, 11) is 0. The van der Waals surface area contributed by atoms with E-state index in [1.807, 2.05) is 0 Å². The standard InChI is InChI=1S/C5H4BrF3N2/c6-5-10-1-2-11(5)4(9)3(7)8/h1-4H. The summed E-state index contributed by atoms with van der Waals surface area (Å²) in [5, 5.41) is 0. The van der Waals surface area contributed by atoms with Gasteiger partial charge in [0, 0.05) is 12.4 Å². The second kappa shape index (κ2) is 3.25. The molecule has 0 bridgehead atoms. The highest BCUT2D eigenvalue weighted by molar-refractivity contribution is 9.10. The van der Waals surface area contributed by atoms with Crippen LogP contribution in [-0.2, 0) is 0 Å². The molecule has 0 saturated carbocycles. The average molecular weight is 229 g/mol. The molecule has 0 aliphatic rings. The molecule has 0 radical (unpaired) electrons. The minimum Gasteiger partial charge on any atom is -0.290 e. The maximum absolute atomic E-state index is 12.5. The number of hydrogen-bond donors (Lipinski definition) is 0. The molecule has 1 heterocycles. The van der Waals surface area contributed by atoms with Gasteiger partial charge in [0.1, 0.15) is 0 Å². The molecule has 1 aromatic rings. The summed E-state index contributed by atoms with van der Waals surface area (Å²) in [5.74, 6) is 0. The normalized spacial score (nSPS) is 13.9. The molecule has 0 aromatic carbocycles. The molecule has 6 heteroatoms. The molecule has 0 spiro atoms. The first kappa shape index (κ1) is 8.58. The van der Waals surface area contributed by atoms with Crippen LogP contribution < -0.4 is 0 Å². The van der Waals surface area contributed by atoms with E-state index in [2.05, 4.69) is 20.9 Å². The third-order valence-electron chi connectivity index (χ3n) is 1.10. The van der Waals surface area contributed by atoms with Crippen LogP contribution in [0.1, 0.15) is 6.30 Å². The van der Waals surface area contributed by atoms with Crippen LogP contribution >= 0.6 is 15.9 Å². The Morgan fingerprint density at radius 1 is 1.45 bits per heavy atom. The molecule has 11 heavy (non-hydrogen) atoms. The molecule has 62 valence electrons. The van der Waals surface area contributed by atoms with Gasteiger partial charge in [-0.25, -0.2) is 18.2 Å². The van der Waals surface area contributed by atoms with Gasteiger partial charge in [0.25, 0.3) is 6.43 Å². The topological polar surface area (TPSA) is 17.8 Å². The van der Waals surface area contributed by atoms with Gasteiger partial charge in [-0.15, -0.1) is 0 Å². The Labute approximate surface area is 69.2 Å². The molecule has 0 aliphatic heterocycles. The van der Waals surface area contributed by atoms with Crippen LogP contribution in [-0.4, -0.2) is 16.0 Å². The van der Waals surface area contributed by atoms with Gasteiger partial charge in [-0.05, 0) is 15.9 Å². The molecule has 1 aromatic heterocycles. The van der Waals surface area contributed by atoms with E-state index in [0.717, 1.165) is 6.20 Å². The van der Waals surface area contributed by atoms with Gasteiger partial charge in [0.15, 0.2) is 4.73 Å². The number of alkyl halides is 3. The van der Waals surface area contributed by atoms with Crippen LogP contribution in [0.4, 0.5) is 13.2 Å². The summed E-state index contributed by atoms with van der Waals surface area (Å²) in [4.78, 5) is 3.53. The third kappa shape index (κ3) is 1.74. The second-order valence-electron chi connectivity index (χ2n) is 1.81. The zero-order chi connectivity index (χ0) is 8.43. The number of imidazole rings is 1. The van der Waals surface area contributed by atoms with Gasteiger partial charge in [-0.3, -0.25) is 4.57 Å². The Hall–Kier alpha value is -0.520. The zero-order valence-electron chi connectivity index (χ0n) is 5.22. The van der Waals surface area contributed by atoms with Gasteiger partial charge in [-0.1, -0.05) is 0 Å². The van der Waals surface area contributed by atoms with E-state index in [4.69, 9.17) is 0 Å². The molecule has 0 saturated heterocycles. The Kier molecular flexibility index (Phi) is 2.53. The highest BCUT2D eigenvalue weighted by Crippen LogP contribution is 2.21. The molecular weight excluding hydrogens is 225 g/mol. The van der Waals surface area contributed by atoms with E-state index in [1.54, 1.807) is 0 Å². The Balaban J connectivity index is 2.84. The van der Waals surface area contributed by atoms with Crippen LogP contribution in [0.25, 0.3) is 0 Å². The van der Waals surface area contributed by atoms with Crippen molar-refractivity contribution >= 4 is 15.9 Å². The monoisotopic (exact) mass is 228 g/mol. The lowest BCUT2D eigenvalue weighted by molar-refractivity contribution is 0.00665. The smallest absolute Gasteiger partial charge is 0.288 e. The first-order valence-corrected chi connectivity index (χ1v) is 3.53. The Bertz CT molecular complexity index is 237. The van der Waals surface area contributed by atoms with Gasteiger partial charge in [0.2, 0.25) is 6.30 Å². The van der Waals surface area contributed by atoms with Crippen molar-refractivity contribution in [3.8, 4) is 0 Å². The van der Waals surface area contributed by atoms with Crippen molar-refractivity contribution in [2.75, 3.05) is 0 Å². The summed E-state index contributed by atoms with van der Waals surface area (Å²) in [6.45, 7) is 0. The average Bonchev–Trinajstić information content (AvgIpc) is 2.33. The summed E-state index contributed by atoms with van der Waals surface area (Å²) < 4.78 is 36.7. The summed E-state index contributed by atoms with van der Waals surface area (Å²) in [6.07, 6.45) is -2.98. The third-order valence-corrected chi connectivity index (χ3v) is 1.71. The highest BCUT2D eigenvalue weighted by Gasteiger charge is 2.22. The lowest BCUT2D eigenvalue weighted by Crippen LogP contribution is -2.11. The number of nitrogens with zero attached hydrogens (tertiary/aromatic N) is 2. The Morgan fingerprint density at radius 2 is 2.09 bits per heavy atom. The van der Waals surface area contributed by atoms with Gasteiger partial charge < -0.3 is 0 Å². The summed E-state index contributed by atoms with van der Waals surface area (Å²) in [6, 6.07) is 0. The molecule has 1 atom stereocenters. The predicted octanol–water partition coefficient (Wildman–Crippen LogP) is 2.38. The number of hydrogen-bond acceptors (Lipinski definition) is 1. The van der Waals surface area contributed by atoms with Crippen LogP contribution in [0, 0.1) is 0 Å². The minimum atomic E-state index is -3.03. The quantitative estimate of drug-likeness (QED) is 0.761. The second-order valence-corrected chi connectivity index (χ2v) is 2.52. The fourth-order valence-electron chi connectivity index (χ4n) is 0.600. The van der Waals surface area contributed by atoms with Crippen LogP contribution in [0.2, 0.25) is 0 Å². The lowest BCUT2D eigenvalue weighted by atomic mass is 10.6. The molecule has 0 fully saturated rings. The van der Waals surface area contributed by atoms with Crippen molar-refractivity contribution in [1.82, 2.24) is 9.55 Å². The van der Waals surface area contributed by atoms with Crippen LogP contribution in [0.3, 0.4) is 0 Å². The largest absolute Gasteiger partial charge is 0.290 e. The number of rotatable bonds is 2. The maximum atomic E-state index is 12.5. The fourth-order valence-corrected chi connectivity index (χ4v) is 1.03. The fraction of sp³-hybridized carbons (Fsp3) is 0.400.